The van der Waals surface area contributed by atoms with Crippen LogP contribution in [-0.4, -0.2) is 18.3 Å². The van der Waals surface area contributed by atoms with E-state index >= 15 is 0 Å². The van der Waals surface area contributed by atoms with Crippen molar-refractivity contribution < 1.29 is 9.84 Å². The van der Waals surface area contributed by atoms with Gasteiger partial charge in [0.05, 0.1) is 13.2 Å². The fraction of sp³-hybridized carbons (Fsp3) is 0.455. The van der Waals surface area contributed by atoms with Crippen LogP contribution < -0.4 is 10.5 Å². The summed E-state index contributed by atoms with van der Waals surface area (Å²) in [5.74, 6) is 0.855. The predicted octanol–water partition coefficient (Wildman–Crippen LogP) is 1.42. The van der Waals surface area contributed by atoms with Gasteiger partial charge in [-0.3, -0.25) is 0 Å². The Morgan fingerprint density at radius 3 is 2.87 bits per heavy atom. The van der Waals surface area contributed by atoms with Crippen LogP contribution in [0.4, 0.5) is 0 Å². The molecule has 0 aromatic heterocycles. The van der Waals surface area contributed by atoms with E-state index in [0.29, 0.717) is 0 Å². The molecule has 0 saturated carbocycles. The van der Waals surface area contributed by atoms with Crippen molar-refractivity contribution in [2.45, 2.75) is 25.0 Å². The topological polar surface area (TPSA) is 55.5 Å². The highest BCUT2D eigenvalue weighted by molar-refractivity contribution is 5.85. The van der Waals surface area contributed by atoms with Crippen molar-refractivity contribution in [3.05, 3.63) is 29.3 Å². The summed E-state index contributed by atoms with van der Waals surface area (Å²) in [6, 6.07) is 5.58. The first-order valence-corrected chi connectivity index (χ1v) is 4.83. The predicted molar refractivity (Wildman–Crippen MR) is 61.5 cm³/mol. The molecule has 1 aromatic rings. The maximum Gasteiger partial charge on any atom is 0.122 e. The van der Waals surface area contributed by atoms with Crippen LogP contribution in [0.2, 0.25) is 0 Å². The lowest BCUT2D eigenvalue weighted by atomic mass is 9.86. The van der Waals surface area contributed by atoms with Crippen molar-refractivity contribution in [2.24, 2.45) is 5.73 Å². The molecule has 3 N–H and O–H groups in total. The minimum absolute atomic E-state index is 0. The summed E-state index contributed by atoms with van der Waals surface area (Å²) in [5.41, 5.74) is 7.81. The number of benzene rings is 1. The van der Waals surface area contributed by atoms with E-state index in [1.807, 2.05) is 18.2 Å². The lowest BCUT2D eigenvalue weighted by molar-refractivity contribution is 0.133. The van der Waals surface area contributed by atoms with E-state index in [1.165, 1.54) is 0 Å². The Balaban J connectivity index is 0.00000112. The summed E-state index contributed by atoms with van der Waals surface area (Å²) in [5, 5.41) is 9.87. The van der Waals surface area contributed by atoms with Gasteiger partial charge in [-0.1, -0.05) is 12.1 Å². The SMILES string of the molecule is COc1cccc2c1CCC(N)C2O.Cl. The quantitative estimate of drug-likeness (QED) is 0.766. The van der Waals surface area contributed by atoms with Crippen molar-refractivity contribution in [2.75, 3.05) is 7.11 Å². The first-order chi connectivity index (χ1) is 6.74. The lowest BCUT2D eigenvalue weighted by Gasteiger charge is -2.28. The van der Waals surface area contributed by atoms with Gasteiger partial charge in [-0.15, -0.1) is 12.4 Å². The average Bonchev–Trinajstić information content (AvgIpc) is 2.23. The monoisotopic (exact) mass is 229 g/mol. The highest BCUT2D eigenvalue weighted by Crippen LogP contribution is 2.34. The van der Waals surface area contributed by atoms with Crippen LogP contribution in [0.3, 0.4) is 0 Å². The van der Waals surface area contributed by atoms with Gasteiger partial charge in [-0.05, 0) is 24.5 Å². The molecule has 0 heterocycles. The second-order valence-electron chi connectivity index (χ2n) is 3.68. The molecule has 2 unspecified atom stereocenters. The van der Waals surface area contributed by atoms with Gasteiger partial charge in [0.25, 0.3) is 0 Å². The number of hydrogen-bond acceptors (Lipinski definition) is 3. The van der Waals surface area contributed by atoms with Crippen molar-refractivity contribution in [1.29, 1.82) is 0 Å². The van der Waals surface area contributed by atoms with Crippen LogP contribution in [0.5, 0.6) is 5.75 Å². The maximum absolute atomic E-state index is 9.87. The second kappa shape index (κ2) is 4.84. The molecule has 0 spiro atoms. The molecule has 3 nitrogen and oxygen atoms in total. The highest BCUT2D eigenvalue weighted by Gasteiger charge is 2.26. The van der Waals surface area contributed by atoms with Gasteiger partial charge in [0.2, 0.25) is 0 Å². The van der Waals surface area contributed by atoms with E-state index in [1.54, 1.807) is 7.11 Å². The Hall–Kier alpha value is -0.770. The van der Waals surface area contributed by atoms with Crippen LogP contribution in [0, 0.1) is 0 Å². The molecule has 0 bridgehead atoms. The molecule has 2 atom stereocenters. The molecule has 1 aromatic carbocycles. The fourth-order valence-corrected chi connectivity index (χ4v) is 2.02. The molecule has 15 heavy (non-hydrogen) atoms. The molecule has 0 amide bonds. The number of nitrogens with two attached hydrogens (primary N) is 1. The van der Waals surface area contributed by atoms with Gasteiger partial charge < -0.3 is 15.6 Å². The largest absolute Gasteiger partial charge is 0.496 e. The Morgan fingerprint density at radius 1 is 1.47 bits per heavy atom. The summed E-state index contributed by atoms with van der Waals surface area (Å²) in [6.07, 6.45) is 1.15. The van der Waals surface area contributed by atoms with Gasteiger partial charge in [0.15, 0.2) is 0 Å². The second-order valence-corrected chi connectivity index (χ2v) is 3.68. The molecule has 1 aliphatic rings. The standard InChI is InChI=1S/C11H15NO2.ClH/c1-14-10-4-2-3-8-7(10)5-6-9(12)11(8)13;/h2-4,9,11,13H,5-6,12H2,1H3;1H. The number of fused-ring (bicyclic) bond motifs is 1. The van der Waals surface area contributed by atoms with Crippen molar-refractivity contribution in [3.8, 4) is 5.75 Å². The summed E-state index contributed by atoms with van der Waals surface area (Å²) < 4.78 is 5.24. The summed E-state index contributed by atoms with van der Waals surface area (Å²) in [6.45, 7) is 0. The molecule has 0 saturated heterocycles. The Bertz CT molecular complexity index is 343. The first-order valence-electron chi connectivity index (χ1n) is 4.83. The van der Waals surface area contributed by atoms with Gasteiger partial charge >= 0.3 is 0 Å². The number of aliphatic hydroxyl groups excluding tert-OH is 1. The van der Waals surface area contributed by atoms with Gasteiger partial charge in [-0.2, -0.15) is 0 Å². The number of methoxy groups -OCH3 is 1. The van der Waals surface area contributed by atoms with E-state index in [9.17, 15) is 5.11 Å². The van der Waals surface area contributed by atoms with Crippen LogP contribution in [0.15, 0.2) is 18.2 Å². The summed E-state index contributed by atoms with van der Waals surface area (Å²) >= 11 is 0. The minimum atomic E-state index is -0.547. The smallest absolute Gasteiger partial charge is 0.122 e. The molecule has 0 radical (unpaired) electrons. The molecule has 0 aliphatic heterocycles. The highest BCUT2D eigenvalue weighted by atomic mass is 35.5. The Morgan fingerprint density at radius 2 is 2.20 bits per heavy atom. The third-order valence-electron chi connectivity index (χ3n) is 2.84. The normalized spacial score (nSPS) is 23.9. The zero-order valence-electron chi connectivity index (χ0n) is 8.64. The van der Waals surface area contributed by atoms with Gasteiger partial charge in [-0.25, -0.2) is 0 Å². The van der Waals surface area contributed by atoms with Crippen LogP contribution in [0.25, 0.3) is 0 Å². The molecular formula is C11H16ClNO2. The lowest BCUT2D eigenvalue weighted by Crippen LogP contribution is -2.33. The zero-order chi connectivity index (χ0) is 10.1. The minimum Gasteiger partial charge on any atom is -0.496 e. The number of rotatable bonds is 1. The molecule has 0 fully saturated rings. The summed E-state index contributed by atoms with van der Waals surface area (Å²) in [4.78, 5) is 0. The first kappa shape index (κ1) is 12.3. The van der Waals surface area contributed by atoms with E-state index in [0.717, 1.165) is 29.7 Å². The van der Waals surface area contributed by atoms with Gasteiger partial charge in [0, 0.05) is 11.6 Å². The number of halogens is 1. The van der Waals surface area contributed by atoms with Crippen LogP contribution >= 0.6 is 12.4 Å². The van der Waals surface area contributed by atoms with E-state index in [-0.39, 0.29) is 18.4 Å². The van der Waals surface area contributed by atoms with Gasteiger partial charge in [0.1, 0.15) is 5.75 Å². The Kier molecular flexibility index (Phi) is 3.97. The Labute approximate surface area is 95.7 Å². The van der Waals surface area contributed by atoms with E-state index in [2.05, 4.69) is 0 Å². The summed E-state index contributed by atoms with van der Waals surface area (Å²) in [7, 11) is 1.65. The molecule has 4 heteroatoms. The average molecular weight is 230 g/mol. The third kappa shape index (κ3) is 2.09. The van der Waals surface area contributed by atoms with Crippen molar-refractivity contribution >= 4 is 12.4 Å². The van der Waals surface area contributed by atoms with E-state index < -0.39 is 6.10 Å². The fourth-order valence-electron chi connectivity index (χ4n) is 2.02. The molecule has 84 valence electrons. The number of ether oxygens (including phenoxy) is 1. The number of hydrogen-bond donors (Lipinski definition) is 2. The van der Waals surface area contributed by atoms with E-state index in [4.69, 9.17) is 10.5 Å². The van der Waals surface area contributed by atoms with Crippen LogP contribution in [-0.2, 0) is 6.42 Å². The van der Waals surface area contributed by atoms with Crippen molar-refractivity contribution in [1.82, 2.24) is 0 Å². The third-order valence-corrected chi connectivity index (χ3v) is 2.84. The maximum atomic E-state index is 9.87. The van der Waals surface area contributed by atoms with Crippen molar-refractivity contribution in [3.63, 3.8) is 0 Å². The number of aliphatic hydroxyl groups is 1. The molecule has 2 rings (SSSR count). The van der Waals surface area contributed by atoms with Crippen LogP contribution in [0.1, 0.15) is 23.7 Å². The zero-order valence-corrected chi connectivity index (χ0v) is 9.46. The molecule has 1 aliphatic carbocycles. The molecular weight excluding hydrogens is 214 g/mol.